The van der Waals surface area contributed by atoms with Crippen molar-refractivity contribution in [2.24, 2.45) is 0 Å². The van der Waals surface area contributed by atoms with Gasteiger partial charge in [0, 0.05) is 36.1 Å². The molecule has 1 saturated heterocycles. The molecule has 7 heteroatoms. The van der Waals surface area contributed by atoms with E-state index in [9.17, 15) is 9.18 Å². The van der Waals surface area contributed by atoms with Gasteiger partial charge in [-0.15, -0.1) is 10.2 Å². The summed E-state index contributed by atoms with van der Waals surface area (Å²) < 4.78 is 15.2. The Bertz CT molecular complexity index is 928. The second-order valence-corrected chi connectivity index (χ2v) is 6.66. The molecule has 27 heavy (non-hydrogen) atoms. The third-order valence-electron chi connectivity index (χ3n) is 4.71. The van der Waals surface area contributed by atoms with E-state index in [2.05, 4.69) is 15.5 Å². The first-order chi connectivity index (χ1) is 13.2. The summed E-state index contributed by atoms with van der Waals surface area (Å²) in [6, 6.07) is 13.9. The Labute approximate surface area is 156 Å². The number of benzene rings is 2. The lowest BCUT2D eigenvalue weighted by Gasteiger charge is -2.34. The van der Waals surface area contributed by atoms with Crippen LogP contribution in [0.2, 0.25) is 0 Å². The number of piperidine rings is 1. The van der Waals surface area contributed by atoms with E-state index in [-0.39, 0.29) is 17.8 Å². The van der Waals surface area contributed by atoms with Gasteiger partial charge in [0.25, 0.3) is 5.91 Å². The second-order valence-electron chi connectivity index (χ2n) is 6.66. The standard InChI is InChI=1S/C20H20FN5O/c21-16-5-2-6-17(11-16)24-18-7-3-9-25(12-18)20(27)15-4-1-8-19(10-15)26-13-22-23-14-26/h1-2,4-6,8,10-11,13-14,18,24H,3,7,9,12H2/t18-/m0/s1. The molecule has 1 fully saturated rings. The van der Waals surface area contributed by atoms with Crippen LogP contribution in [0.5, 0.6) is 0 Å². The molecule has 138 valence electrons. The van der Waals surface area contributed by atoms with Crippen LogP contribution in [0, 0.1) is 5.82 Å². The number of hydrogen-bond acceptors (Lipinski definition) is 4. The van der Waals surface area contributed by atoms with Gasteiger partial charge < -0.3 is 10.2 Å². The molecule has 2 heterocycles. The highest BCUT2D eigenvalue weighted by molar-refractivity contribution is 5.94. The summed E-state index contributed by atoms with van der Waals surface area (Å²) >= 11 is 0. The van der Waals surface area contributed by atoms with Gasteiger partial charge in [0.1, 0.15) is 18.5 Å². The maximum Gasteiger partial charge on any atom is 0.253 e. The number of carbonyl (C=O) groups is 1. The van der Waals surface area contributed by atoms with E-state index < -0.39 is 0 Å². The quantitative estimate of drug-likeness (QED) is 0.772. The Morgan fingerprint density at radius 2 is 1.93 bits per heavy atom. The van der Waals surface area contributed by atoms with E-state index in [1.54, 1.807) is 23.3 Å². The van der Waals surface area contributed by atoms with Gasteiger partial charge in [0.2, 0.25) is 0 Å². The van der Waals surface area contributed by atoms with Crippen LogP contribution >= 0.6 is 0 Å². The van der Waals surface area contributed by atoms with Gasteiger partial charge in [-0.05, 0) is 49.2 Å². The summed E-state index contributed by atoms with van der Waals surface area (Å²) in [5.74, 6) is -0.273. The molecule has 0 radical (unpaired) electrons. The number of nitrogens with zero attached hydrogens (tertiary/aromatic N) is 4. The van der Waals surface area contributed by atoms with E-state index in [1.165, 1.54) is 12.1 Å². The van der Waals surface area contributed by atoms with Crippen LogP contribution in [0.1, 0.15) is 23.2 Å². The first kappa shape index (κ1) is 17.2. The molecule has 0 bridgehead atoms. The molecule has 1 aromatic heterocycles. The van der Waals surface area contributed by atoms with Gasteiger partial charge in [0.05, 0.1) is 0 Å². The molecule has 3 aromatic rings. The van der Waals surface area contributed by atoms with E-state index in [0.717, 1.165) is 30.8 Å². The highest BCUT2D eigenvalue weighted by Crippen LogP contribution is 2.19. The molecule has 0 aliphatic carbocycles. The molecule has 0 saturated carbocycles. The fourth-order valence-corrected chi connectivity index (χ4v) is 3.41. The topological polar surface area (TPSA) is 63.1 Å². The number of amides is 1. The predicted molar refractivity (Wildman–Crippen MR) is 100 cm³/mol. The minimum Gasteiger partial charge on any atom is -0.380 e. The van der Waals surface area contributed by atoms with Crippen molar-refractivity contribution in [3.63, 3.8) is 0 Å². The molecule has 1 N–H and O–H groups in total. The fraction of sp³-hybridized carbons (Fsp3) is 0.250. The zero-order chi connectivity index (χ0) is 18.6. The van der Waals surface area contributed by atoms with Crippen molar-refractivity contribution in [1.82, 2.24) is 19.7 Å². The maximum absolute atomic E-state index is 13.4. The third-order valence-corrected chi connectivity index (χ3v) is 4.71. The molecule has 0 spiro atoms. The first-order valence-electron chi connectivity index (χ1n) is 8.95. The minimum absolute atomic E-state index is 0.00401. The zero-order valence-electron chi connectivity index (χ0n) is 14.8. The van der Waals surface area contributed by atoms with Crippen molar-refractivity contribution in [1.29, 1.82) is 0 Å². The van der Waals surface area contributed by atoms with Crippen molar-refractivity contribution < 1.29 is 9.18 Å². The van der Waals surface area contributed by atoms with Crippen molar-refractivity contribution in [3.8, 4) is 5.69 Å². The Kier molecular flexibility index (Phi) is 4.82. The van der Waals surface area contributed by atoms with Crippen LogP contribution < -0.4 is 5.32 Å². The molecular formula is C20H20FN5O. The molecule has 1 atom stereocenters. The molecule has 2 aromatic carbocycles. The molecule has 1 aliphatic rings. The monoisotopic (exact) mass is 365 g/mol. The average molecular weight is 365 g/mol. The van der Waals surface area contributed by atoms with Crippen LogP contribution in [0.4, 0.5) is 10.1 Å². The lowest BCUT2D eigenvalue weighted by molar-refractivity contribution is 0.0715. The van der Waals surface area contributed by atoms with Gasteiger partial charge in [-0.3, -0.25) is 9.36 Å². The smallest absolute Gasteiger partial charge is 0.253 e. The Hall–Kier alpha value is -3.22. The number of nitrogens with one attached hydrogen (secondary N) is 1. The van der Waals surface area contributed by atoms with E-state index in [1.807, 2.05) is 35.2 Å². The summed E-state index contributed by atoms with van der Waals surface area (Å²) in [5.41, 5.74) is 2.22. The average Bonchev–Trinajstić information content (AvgIpc) is 3.23. The summed E-state index contributed by atoms with van der Waals surface area (Å²) in [7, 11) is 0. The molecule has 4 rings (SSSR count). The normalized spacial score (nSPS) is 16.9. The highest BCUT2D eigenvalue weighted by Gasteiger charge is 2.24. The summed E-state index contributed by atoms with van der Waals surface area (Å²) in [6.45, 7) is 1.31. The molecule has 1 amide bonds. The number of aromatic nitrogens is 3. The molecule has 0 unspecified atom stereocenters. The van der Waals surface area contributed by atoms with Crippen LogP contribution in [0.15, 0.2) is 61.2 Å². The highest BCUT2D eigenvalue weighted by atomic mass is 19.1. The van der Waals surface area contributed by atoms with Gasteiger partial charge in [-0.2, -0.15) is 0 Å². The van der Waals surface area contributed by atoms with Crippen molar-refractivity contribution >= 4 is 11.6 Å². The number of likely N-dealkylation sites (tertiary alicyclic amines) is 1. The SMILES string of the molecule is O=C(c1cccc(-n2cnnc2)c1)N1CCC[C@H](Nc2cccc(F)c2)C1. The Morgan fingerprint density at radius 3 is 2.74 bits per heavy atom. The first-order valence-corrected chi connectivity index (χ1v) is 8.95. The van der Waals surface area contributed by atoms with E-state index in [4.69, 9.17) is 0 Å². The predicted octanol–water partition coefficient (Wildman–Crippen LogP) is 3.12. The second kappa shape index (κ2) is 7.57. The third kappa shape index (κ3) is 3.97. The van der Waals surface area contributed by atoms with Crippen LogP contribution in [0.25, 0.3) is 5.69 Å². The maximum atomic E-state index is 13.4. The fourth-order valence-electron chi connectivity index (χ4n) is 3.41. The summed E-state index contributed by atoms with van der Waals surface area (Å²) in [4.78, 5) is 14.8. The molecular weight excluding hydrogens is 345 g/mol. The number of anilines is 1. The number of rotatable bonds is 4. The molecule has 6 nitrogen and oxygen atoms in total. The van der Waals surface area contributed by atoms with Crippen LogP contribution in [-0.4, -0.2) is 44.7 Å². The van der Waals surface area contributed by atoms with Gasteiger partial charge >= 0.3 is 0 Å². The largest absolute Gasteiger partial charge is 0.380 e. The van der Waals surface area contributed by atoms with Crippen molar-refractivity contribution in [2.75, 3.05) is 18.4 Å². The van der Waals surface area contributed by atoms with Crippen LogP contribution in [0.3, 0.4) is 0 Å². The van der Waals surface area contributed by atoms with Crippen molar-refractivity contribution in [2.45, 2.75) is 18.9 Å². The van der Waals surface area contributed by atoms with E-state index >= 15 is 0 Å². The molecule has 1 aliphatic heterocycles. The lowest BCUT2D eigenvalue weighted by Crippen LogP contribution is -2.45. The van der Waals surface area contributed by atoms with Gasteiger partial charge in [0.15, 0.2) is 0 Å². The number of hydrogen-bond donors (Lipinski definition) is 1. The Balaban J connectivity index is 1.46. The van der Waals surface area contributed by atoms with Gasteiger partial charge in [-0.1, -0.05) is 12.1 Å². The lowest BCUT2D eigenvalue weighted by atomic mass is 10.0. The minimum atomic E-state index is -0.269. The summed E-state index contributed by atoms with van der Waals surface area (Å²) in [6.07, 6.45) is 5.05. The van der Waals surface area contributed by atoms with Gasteiger partial charge in [-0.25, -0.2) is 4.39 Å². The van der Waals surface area contributed by atoms with Crippen molar-refractivity contribution in [3.05, 3.63) is 72.6 Å². The summed E-state index contributed by atoms with van der Waals surface area (Å²) in [5, 5.41) is 10.9. The Morgan fingerprint density at radius 1 is 1.11 bits per heavy atom. The number of carbonyl (C=O) groups excluding carboxylic acids is 1. The zero-order valence-corrected chi connectivity index (χ0v) is 14.8. The van der Waals surface area contributed by atoms with Crippen LogP contribution in [-0.2, 0) is 0 Å². The number of halogens is 1. The van der Waals surface area contributed by atoms with E-state index in [0.29, 0.717) is 12.1 Å².